The van der Waals surface area contributed by atoms with Crippen LogP contribution in [0.4, 0.5) is 0 Å². The molecule has 0 aliphatic heterocycles. The Balaban J connectivity index is 1.46. The Morgan fingerprint density at radius 1 is 1.12 bits per heavy atom. The van der Waals surface area contributed by atoms with Gasteiger partial charge in [-0.25, -0.2) is 4.98 Å². The van der Waals surface area contributed by atoms with Crippen LogP contribution in [0.15, 0.2) is 64.9 Å². The summed E-state index contributed by atoms with van der Waals surface area (Å²) < 4.78 is 0. The molecule has 1 heterocycles. The zero-order valence-corrected chi connectivity index (χ0v) is 15.7. The molecule has 3 rings (SSSR count). The number of thioether (sulfide) groups is 1. The normalized spacial score (nSPS) is 10.6. The van der Waals surface area contributed by atoms with Crippen molar-refractivity contribution in [3.05, 3.63) is 81.8 Å². The van der Waals surface area contributed by atoms with Crippen LogP contribution in [0.3, 0.4) is 0 Å². The highest BCUT2D eigenvalue weighted by Gasteiger charge is 2.06. The van der Waals surface area contributed by atoms with E-state index in [0.717, 1.165) is 27.8 Å². The summed E-state index contributed by atoms with van der Waals surface area (Å²) in [5.74, 6) is 0.829. The molecule has 3 aromatic rings. The summed E-state index contributed by atoms with van der Waals surface area (Å²) in [5, 5.41) is 6.16. The number of carbonyl (C=O) groups is 1. The molecule has 0 saturated carbocycles. The van der Waals surface area contributed by atoms with Crippen molar-refractivity contribution in [2.75, 3.05) is 6.54 Å². The van der Waals surface area contributed by atoms with E-state index in [4.69, 9.17) is 0 Å². The number of nitrogens with zero attached hydrogens (tertiary/aromatic N) is 1. The Labute approximate surface area is 156 Å². The summed E-state index contributed by atoms with van der Waals surface area (Å²) in [5.41, 5.74) is 3.03. The quantitative estimate of drug-likeness (QED) is 0.614. The van der Waals surface area contributed by atoms with Crippen LogP contribution < -0.4 is 5.32 Å². The lowest BCUT2D eigenvalue weighted by molar-refractivity contribution is 0.0954. The Morgan fingerprint density at radius 2 is 1.88 bits per heavy atom. The topological polar surface area (TPSA) is 42.0 Å². The molecule has 0 fully saturated rings. The first-order valence-corrected chi connectivity index (χ1v) is 10.0. The van der Waals surface area contributed by atoms with Gasteiger partial charge in [0.25, 0.3) is 5.91 Å². The van der Waals surface area contributed by atoms with E-state index in [0.29, 0.717) is 12.1 Å². The van der Waals surface area contributed by atoms with Gasteiger partial charge >= 0.3 is 0 Å². The highest BCUT2D eigenvalue weighted by Crippen LogP contribution is 2.23. The molecular formula is C20H20N2OS2. The molecule has 0 bridgehead atoms. The van der Waals surface area contributed by atoms with E-state index in [9.17, 15) is 4.79 Å². The van der Waals surface area contributed by atoms with Crippen molar-refractivity contribution in [2.24, 2.45) is 0 Å². The van der Waals surface area contributed by atoms with Crippen molar-refractivity contribution in [2.45, 2.75) is 24.0 Å². The van der Waals surface area contributed by atoms with Gasteiger partial charge in [-0.05, 0) is 43.2 Å². The fourth-order valence-corrected chi connectivity index (χ4v) is 3.91. The molecule has 0 spiro atoms. The minimum Gasteiger partial charge on any atom is -0.352 e. The molecule has 0 aliphatic rings. The molecule has 3 nitrogen and oxygen atoms in total. The van der Waals surface area contributed by atoms with Crippen LogP contribution in [-0.4, -0.2) is 17.4 Å². The van der Waals surface area contributed by atoms with Gasteiger partial charge < -0.3 is 5.32 Å². The van der Waals surface area contributed by atoms with Gasteiger partial charge in [-0.15, -0.1) is 23.1 Å². The number of aromatic nitrogens is 1. The number of nitrogens with one attached hydrogen (secondary N) is 1. The minimum atomic E-state index is -0.0254. The van der Waals surface area contributed by atoms with Gasteiger partial charge in [-0.3, -0.25) is 4.79 Å². The second kappa shape index (κ2) is 8.83. The van der Waals surface area contributed by atoms with Gasteiger partial charge in [0.2, 0.25) is 0 Å². The summed E-state index contributed by atoms with van der Waals surface area (Å²) in [6.07, 6.45) is 0.841. The molecule has 0 saturated heterocycles. The predicted molar refractivity (Wildman–Crippen MR) is 105 cm³/mol. The van der Waals surface area contributed by atoms with E-state index in [1.165, 1.54) is 5.56 Å². The van der Waals surface area contributed by atoms with Gasteiger partial charge in [0.05, 0.1) is 10.7 Å². The predicted octanol–water partition coefficient (Wildman–Crippen LogP) is 4.72. The smallest absolute Gasteiger partial charge is 0.251 e. The Bertz CT molecular complexity index is 813. The first-order valence-electron chi connectivity index (χ1n) is 8.17. The van der Waals surface area contributed by atoms with E-state index in [2.05, 4.69) is 27.8 Å². The first kappa shape index (κ1) is 17.7. The number of amides is 1. The summed E-state index contributed by atoms with van der Waals surface area (Å²) in [7, 11) is 0. The fourth-order valence-electron chi connectivity index (χ4n) is 2.40. The molecule has 25 heavy (non-hydrogen) atoms. The summed E-state index contributed by atoms with van der Waals surface area (Å²) in [6, 6.07) is 17.9. The fraction of sp³-hybridized carbons (Fsp3) is 0.200. The molecule has 0 radical (unpaired) electrons. The van der Waals surface area contributed by atoms with E-state index in [-0.39, 0.29) is 5.91 Å². The summed E-state index contributed by atoms with van der Waals surface area (Å²) in [4.78, 5) is 17.8. The van der Waals surface area contributed by atoms with Crippen molar-refractivity contribution in [3.8, 4) is 0 Å². The van der Waals surface area contributed by atoms with E-state index in [1.807, 2.05) is 49.4 Å². The largest absolute Gasteiger partial charge is 0.352 e. The third kappa shape index (κ3) is 5.44. The molecule has 0 atom stereocenters. The maximum absolute atomic E-state index is 12.2. The third-order valence-corrected chi connectivity index (χ3v) is 5.58. The molecule has 2 aromatic carbocycles. The van der Waals surface area contributed by atoms with E-state index >= 15 is 0 Å². The average Bonchev–Trinajstić information content (AvgIpc) is 3.06. The van der Waals surface area contributed by atoms with E-state index in [1.54, 1.807) is 23.1 Å². The molecule has 0 unspecified atom stereocenters. The Hall–Kier alpha value is -2.11. The number of hydrogen-bond acceptors (Lipinski definition) is 4. The van der Waals surface area contributed by atoms with Crippen LogP contribution in [-0.2, 0) is 12.2 Å². The van der Waals surface area contributed by atoms with Gasteiger partial charge in [0, 0.05) is 28.1 Å². The second-order valence-corrected chi connectivity index (χ2v) is 7.77. The Kier molecular flexibility index (Phi) is 6.25. The zero-order chi connectivity index (χ0) is 17.5. The van der Waals surface area contributed by atoms with Crippen molar-refractivity contribution in [3.63, 3.8) is 0 Å². The van der Waals surface area contributed by atoms with Crippen molar-refractivity contribution < 1.29 is 4.79 Å². The highest BCUT2D eigenvalue weighted by atomic mass is 32.2. The number of rotatable bonds is 7. The van der Waals surface area contributed by atoms with Crippen LogP contribution in [0.1, 0.15) is 26.6 Å². The zero-order valence-electron chi connectivity index (χ0n) is 14.1. The van der Waals surface area contributed by atoms with Crippen LogP contribution in [0.2, 0.25) is 0 Å². The Morgan fingerprint density at radius 3 is 2.56 bits per heavy atom. The van der Waals surface area contributed by atoms with Gasteiger partial charge in [0.1, 0.15) is 0 Å². The number of aryl methyl sites for hydroxylation is 1. The average molecular weight is 369 g/mol. The van der Waals surface area contributed by atoms with E-state index < -0.39 is 0 Å². The van der Waals surface area contributed by atoms with Gasteiger partial charge in [0.15, 0.2) is 0 Å². The third-order valence-electron chi connectivity index (χ3n) is 3.71. The lowest BCUT2D eigenvalue weighted by Crippen LogP contribution is -2.25. The van der Waals surface area contributed by atoms with Crippen LogP contribution in [0.25, 0.3) is 0 Å². The van der Waals surface area contributed by atoms with Gasteiger partial charge in [-0.1, -0.05) is 30.3 Å². The van der Waals surface area contributed by atoms with Crippen molar-refractivity contribution >= 4 is 29.0 Å². The maximum Gasteiger partial charge on any atom is 0.251 e. The SMILES string of the molecule is Cc1nc(CSc2ccc(C(=O)NCCc3ccccc3)cc2)cs1. The van der Waals surface area contributed by atoms with Crippen LogP contribution in [0.5, 0.6) is 0 Å². The van der Waals surface area contributed by atoms with Crippen LogP contribution in [0, 0.1) is 6.92 Å². The van der Waals surface area contributed by atoms with Crippen LogP contribution >= 0.6 is 23.1 Å². The van der Waals surface area contributed by atoms with Crippen molar-refractivity contribution in [1.29, 1.82) is 0 Å². The highest BCUT2D eigenvalue weighted by molar-refractivity contribution is 7.98. The number of benzene rings is 2. The lowest BCUT2D eigenvalue weighted by atomic mass is 10.1. The molecule has 1 aromatic heterocycles. The molecule has 0 aliphatic carbocycles. The molecule has 1 amide bonds. The van der Waals surface area contributed by atoms with Crippen molar-refractivity contribution in [1.82, 2.24) is 10.3 Å². The first-order chi connectivity index (χ1) is 12.2. The minimum absolute atomic E-state index is 0.0254. The number of carbonyl (C=O) groups excluding carboxylic acids is 1. The number of thiazole rings is 1. The van der Waals surface area contributed by atoms with Gasteiger partial charge in [-0.2, -0.15) is 0 Å². The standard InChI is InChI=1S/C20H20N2OS2/c1-15-22-18(13-24-15)14-25-19-9-7-17(8-10-19)20(23)21-12-11-16-5-3-2-4-6-16/h2-10,13H,11-12,14H2,1H3,(H,21,23). The summed E-state index contributed by atoms with van der Waals surface area (Å²) >= 11 is 3.41. The summed E-state index contributed by atoms with van der Waals surface area (Å²) in [6.45, 7) is 2.66. The monoisotopic (exact) mass is 368 g/mol. The number of hydrogen-bond donors (Lipinski definition) is 1. The maximum atomic E-state index is 12.2. The molecule has 128 valence electrons. The lowest BCUT2D eigenvalue weighted by Gasteiger charge is -2.06. The second-order valence-electron chi connectivity index (χ2n) is 5.66. The molecular weight excluding hydrogens is 348 g/mol. The molecule has 5 heteroatoms. The molecule has 1 N–H and O–H groups in total.